The number of nitrogens with zero attached hydrogens (tertiary/aromatic N) is 1. The van der Waals surface area contributed by atoms with Crippen molar-refractivity contribution in [2.45, 2.75) is 38.1 Å². The van der Waals surface area contributed by atoms with Crippen LogP contribution in [0.1, 0.15) is 32.6 Å². The highest BCUT2D eigenvalue weighted by Gasteiger charge is 2.42. The summed E-state index contributed by atoms with van der Waals surface area (Å²) in [5, 5.41) is 3.40. The van der Waals surface area contributed by atoms with Gasteiger partial charge >= 0.3 is 0 Å². The SMILES string of the molecule is CCCN1C(=O)COCC12CCCNCC2. The molecule has 0 saturated carbocycles. The molecule has 0 aromatic rings. The summed E-state index contributed by atoms with van der Waals surface area (Å²) in [6.07, 6.45) is 4.27. The van der Waals surface area contributed by atoms with Gasteiger partial charge in [-0.15, -0.1) is 0 Å². The van der Waals surface area contributed by atoms with Crippen molar-refractivity contribution >= 4 is 5.91 Å². The molecule has 2 heterocycles. The van der Waals surface area contributed by atoms with Crippen molar-refractivity contribution in [3.8, 4) is 0 Å². The first-order valence-corrected chi connectivity index (χ1v) is 6.37. The van der Waals surface area contributed by atoms with Crippen LogP contribution in [0.25, 0.3) is 0 Å². The Balaban J connectivity index is 2.15. The number of hydrogen-bond acceptors (Lipinski definition) is 3. The lowest BCUT2D eigenvalue weighted by Crippen LogP contribution is -2.60. The minimum absolute atomic E-state index is 0.0190. The first-order chi connectivity index (χ1) is 7.78. The van der Waals surface area contributed by atoms with Crippen LogP contribution < -0.4 is 5.32 Å². The van der Waals surface area contributed by atoms with Crippen LogP contribution in [0.15, 0.2) is 0 Å². The Labute approximate surface area is 97.3 Å². The van der Waals surface area contributed by atoms with E-state index in [1.54, 1.807) is 0 Å². The summed E-state index contributed by atoms with van der Waals surface area (Å²) in [6, 6.07) is 0. The zero-order chi connectivity index (χ0) is 11.4. The van der Waals surface area contributed by atoms with Gasteiger partial charge in [-0.05, 0) is 38.8 Å². The summed E-state index contributed by atoms with van der Waals surface area (Å²) < 4.78 is 5.49. The minimum Gasteiger partial charge on any atom is -0.369 e. The lowest BCUT2D eigenvalue weighted by Gasteiger charge is -2.46. The fourth-order valence-electron chi connectivity index (χ4n) is 2.86. The zero-order valence-electron chi connectivity index (χ0n) is 10.1. The fraction of sp³-hybridized carbons (Fsp3) is 0.917. The molecule has 2 aliphatic heterocycles. The van der Waals surface area contributed by atoms with Gasteiger partial charge in [-0.1, -0.05) is 6.92 Å². The molecule has 1 amide bonds. The molecule has 4 heteroatoms. The second-order valence-corrected chi connectivity index (χ2v) is 4.87. The number of morpholine rings is 1. The van der Waals surface area contributed by atoms with Gasteiger partial charge < -0.3 is 15.0 Å². The Morgan fingerprint density at radius 3 is 3.12 bits per heavy atom. The summed E-state index contributed by atoms with van der Waals surface area (Å²) in [7, 11) is 0. The maximum atomic E-state index is 12.0. The summed E-state index contributed by atoms with van der Waals surface area (Å²) in [4.78, 5) is 14.0. The predicted molar refractivity (Wildman–Crippen MR) is 62.3 cm³/mol. The van der Waals surface area contributed by atoms with Crippen molar-refractivity contribution in [3.63, 3.8) is 0 Å². The van der Waals surface area contributed by atoms with Crippen molar-refractivity contribution in [3.05, 3.63) is 0 Å². The van der Waals surface area contributed by atoms with Crippen molar-refractivity contribution < 1.29 is 9.53 Å². The van der Waals surface area contributed by atoms with Gasteiger partial charge in [0.2, 0.25) is 5.91 Å². The predicted octanol–water partition coefficient (Wildman–Crippen LogP) is 0.767. The van der Waals surface area contributed by atoms with Crippen LogP contribution in [0, 0.1) is 0 Å². The van der Waals surface area contributed by atoms with Gasteiger partial charge in [0.1, 0.15) is 6.61 Å². The Hall–Kier alpha value is -0.610. The molecule has 0 aromatic carbocycles. The monoisotopic (exact) mass is 226 g/mol. The van der Waals surface area contributed by atoms with Crippen LogP contribution in [0.5, 0.6) is 0 Å². The number of amides is 1. The summed E-state index contributed by atoms with van der Waals surface area (Å²) in [5.41, 5.74) is -0.0190. The topological polar surface area (TPSA) is 41.6 Å². The lowest BCUT2D eigenvalue weighted by molar-refractivity contribution is -0.159. The number of ether oxygens (including phenoxy) is 1. The third-order valence-corrected chi connectivity index (χ3v) is 3.68. The molecule has 1 N–H and O–H groups in total. The summed E-state index contributed by atoms with van der Waals surface area (Å²) in [6.45, 7) is 6.07. The first kappa shape index (κ1) is 11.9. The number of carbonyl (C=O) groups excluding carboxylic acids is 1. The van der Waals surface area contributed by atoms with Crippen molar-refractivity contribution in [2.75, 3.05) is 32.8 Å². The van der Waals surface area contributed by atoms with Gasteiger partial charge in [-0.2, -0.15) is 0 Å². The number of rotatable bonds is 2. The van der Waals surface area contributed by atoms with E-state index in [4.69, 9.17) is 4.74 Å². The van der Waals surface area contributed by atoms with Gasteiger partial charge in [-0.25, -0.2) is 0 Å². The van der Waals surface area contributed by atoms with E-state index in [0.29, 0.717) is 0 Å². The quantitative estimate of drug-likeness (QED) is 0.756. The third-order valence-electron chi connectivity index (χ3n) is 3.68. The zero-order valence-corrected chi connectivity index (χ0v) is 10.1. The van der Waals surface area contributed by atoms with Crippen LogP contribution >= 0.6 is 0 Å². The van der Waals surface area contributed by atoms with E-state index in [1.807, 2.05) is 0 Å². The van der Waals surface area contributed by atoms with Crippen LogP contribution in [0.3, 0.4) is 0 Å². The average molecular weight is 226 g/mol. The van der Waals surface area contributed by atoms with Crippen LogP contribution in [0.4, 0.5) is 0 Å². The van der Waals surface area contributed by atoms with Gasteiger partial charge in [0, 0.05) is 6.54 Å². The molecule has 0 aromatic heterocycles. The molecule has 2 saturated heterocycles. The molecule has 2 fully saturated rings. The first-order valence-electron chi connectivity index (χ1n) is 6.37. The van der Waals surface area contributed by atoms with Gasteiger partial charge in [0.25, 0.3) is 0 Å². The van der Waals surface area contributed by atoms with Gasteiger partial charge in [-0.3, -0.25) is 4.79 Å². The molecule has 16 heavy (non-hydrogen) atoms. The highest BCUT2D eigenvalue weighted by Crippen LogP contribution is 2.30. The Kier molecular flexibility index (Phi) is 3.82. The smallest absolute Gasteiger partial charge is 0.249 e. The molecular formula is C12H22N2O2. The minimum atomic E-state index is -0.0190. The van der Waals surface area contributed by atoms with Gasteiger partial charge in [0.15, 0.2) is 0 Å². The van der Waals surface area contributed by atoms with E-state index < -0.39 is 0 Å². The fourth-order valence-corrected chi connectivity index (χ4v) is 2.86. The molecule has 1 unspecified atom stereocenters. The van der Waals surface area contributed by atoms with Crippen LogP contribution in [0.2, 0.25) is 0 Å². The van der Waals surface area contributed by atoms with E-state index >= 15 is 0 Å². The summed E-state index contributed by atoms with van der Waals surface area (Å²) >= 11 is 0. The highest BCUT2D eigenvalue weighted by molar-refractivity contribution is 5.79. The number of carbonyl (C=O) groups is 1. The highest BCUT2D eigenvalue weighted by atomic mass is 16.5. The van der Waals surface area contributed by atoms with Crippen molar-refractivity contribution in [2.24, 2.45) is 0 Å². The molecule has 0 aliphatic carbocycles. The van der Waals surface area contributed by atoms with Gasteiger partial charge in [0.05, 0.1) is 12.1 Å². The molecule has 1 atom stereocenters. The second kappa shape index (κ2) is 5.15. The number of hydrogen-bond donors (Lipinski definition) is 1. The van der Waals surface area contributed by atoms with Crippen LogP contribution in [-0.4, -0.2) is 49.2 Å². The molecule has 0 radical (unpaired) electrons. The van der Waals surface area contributed by atoms with E-state index in [0.717, 1.165) is 51.9 Å². The molecule has 1 spiro atoms. The molecular weight excluding hydrogens is 204 g/mol. The lowest BCUT2D eigenvalue weighted by atomic mass is 9.88. The Bertz CT molecular complexity index is 247. The second-order valence-electron chi connectivity index (χ2n) is 4.87. The van der Waals surface area contributed by atoms with Crippen molar-refractivity contribution in [1.82, 2.24) is 10.2 Å². The molecule has 4 nitrogen and oxygen atoms in total. The number of nitrogens with one attached hydrogen (secondary N) is 1. The van der Waals surface area contributed by atoms with Crippen LogP contribution in [-0.2, 0) is 9.53 Å². The average Bonchev–Trinajstić information content (AvgIpc) is 2.51. The summed E-state index contributed by atoms with van der Waals surface area (Å²) in [5.74, 6) is 0.176. The Morgan fingerprint density at radius 1 is 1.44 bits per heavy atom. The maximum absolute atomic E-state index is 12.0. The molecule has 92 valence electrons. The maximum Gasteiger partial charge on any atom is 0.249 e. The molecule has 2 aliphatic rings. The van der Waals surface area contributed by atoms with E-state index in [9.17, 15) is 4.79 Å². The normalized spacial score (nSPS) is 31.8. The van der Waals surface area contributed by atoms with Crippen molar-refractivity contribution in [1.29, 1.82) is 0 Å². The third kappa shape index (κ3) is 2.23. The Morgan fingerprint density at radius 2 is 2.31 bits per heavy atom. The largest absolute Gasteiger partial charge is 0.369 e. The van der Waals surface area contributed by atoms with E-state index in [1.165, 1.54) is 0 Å². The van der Waals surface area contributed by atoms with E-state index in [-0.39, 0.29) is 18.1 Å². The molecule has 0 bridgehead atoms. The molecule has 2 rings (SSSR count). The van der Waals surface area contributed by atoms with E-state index in [2.05, 4.69) is 17.1 Å². The standard InChI is InChI=1S/C12H22N2O2/c1-2-8-14-11(15)9-16-10-12(14)4-3-6-13-7-5-12/h13H,2-10H2,1H3.